The fourth-order valence-electron chi connectivity index (χ4n) is 3.24. The molecule has 4 N–H and O–H groups in total. The van der Waals surface area contributed by atoms with Crippen molar-refractivity contribution in [3.63, 3.8) is 0 Å². The lowest BCUT2D eigenvalue weighted by Crippen LogP contribution is -2.27. The monoisotopic (exact) mass is 563 g/mol. The van der Waals surface area contributed by atoms with E-state index in [1.54, 1.807) is 12.1 Å². The number of nitrogens with one attached hydrogen (secondary N) is 4. The number of urea groups is 1. The molecule has 0 aliphatic carbocycles. The Morgan fingerprint density at radius 1 is 1.08 bits per heavy atom. The third-order valence-electron chi connectivity index (χ3n) is 5.07. The molecule has 198 valence electrons. The molecule has 10 nitrogen and oxygen atoms in total. The van der Waals surface area contributed by atoms with E-state index in [1.807, 2.05) is 19.9 Å². The van der Waals surface area contributed by atoms with Gasteiger partial charge in [0.1, 0.15) is 11.6 Å². The molecule has 15 heteroatoms. The van der Waals surface area contributed by atoms with Gasteiger partial charge in [-0.1, -0.05) is 31.3 Å². The highest BCUT2D eigenvalue weighted by Crippen LogP contribution is 2.37. The molecule has 1 aromatic carbocycles. The number of rotatable bonds is 7. The molecule has 3 heterocycles. The maximum absolute atomic E-state index is 13.1. The number of halogens is 4. The minimum absolute atomic E-state index is 0.123. The number of anilines is 6. The van der Waals surface area contributed by atoms with Crippen LogP contribution in [0.5, 0.6) is 0 Å². The number of aryl methyl sites for hydroxylation is 2. The first kappa shape index (κ1) is 27.0. The number of H-pyrrole nitrogens is 1. The second kappa shape index (κ2) is 11.1. The number of thiol groups is 1. The van der Waals surface area contributed by atoms with Crippen LogP contribution in [0, 0.1) is 6.92 Å². The predicted molar refractivity (Wildman–Crippen MR) is 142 cm³/mol. The van der Waals surface area contributed by atoms with E-state index in [0.717, 1.165) is 28.6 Å². The number of pyridine rings is 1. The van der Waals surface area contributed by atoms with Crippen LogP contribution in [-0.4, -0.2) is 31.2 Å². The van der Waals surface area contributed by atoms with E-state index >= 15 is 0 Å². The molecule has 0 saturated heterocycles. The van der Waals surface area contributed by atoms with Crippen LogP contribution in [0.2, 0.25) is 5.02 Å². The van der Waals surface area contributed by atoms with E-state index in [-0.39, 0.29) is 11.5 Å². The summed E-state index contributed by atoms with van der Waals surface area (Å²) >= 11 is 9.64. The topological polar surface area (TPSA) is 124 Å². The Hall–Kier alpha value is -4.04. The van der Waals surface area contributed by atoms with Crippen LogP contribution in [0.25, 0.3) is 0 Å². The highest BCUT2D eigenvalue weighted by atomic mass is 35.5. The lowest BCUT2D eigenvalue weighted by atomic mass is 10.2. The third-order valence-corrected chi connectivity index (χ3v) is 5.81. The standard InChI is InChI=1S/C23H21ClF3N9OS/c1-3-13-9-20(35-34-13)31-19-8-12(2)29-21(32-19)30-14-4-7-18(28-11-14)33-22(37)36(38)15-5-6-17(24)16(10-15)23(25,26)27/h4-11,38H,3H2,1-2H3,(H,28,33,37)(H3,29,30,31,32,34,35). The summed E-state index contributed by atoms with van der Waals surface area (Å²) in [6.07, 6.45) is -2.43. The second-order valence-electron chi connectivity index (χ2n) is 7.94. The summed E-state index contributed by atoms with van der Waals surface area (Å²) in [6.45, 7) is 3.83. The molecule has 4 aromatic rings. The van der Waals surface area contributed by atoms with Gasteiger partial charge in [0.2, 0.25) is 5.95 Å². The molecule has 0 fully saturated rings. The van der Waals surface area contributed by atoms with Crippen LogP contribution >= 0.6 is 24.4 Å². The number of aromatic amines is 1. The van der Waals surface area contributed by atoms with E-state index in [1.165, 1.54) is 18.3 Å². The zero-order chi connectivity index (χ0) is 27.4. The van der Waals surface area contributed by atoms with Crippen molar-refractivity contribution in [2.24, 2.45) is 0 Å². The van der Waals surface area contributed by atoms with Crippen molar-refractivity contribution < 1.29 is 18.0 Å². The molecule has 4 rings (SSSR count). The summed E-state index contributed by atoms with van der Waals surface area (Å²) in [5.41, 5.74) is 1.02. The predicted octanol–water partition coefficient (Wildman–Crippen LogP) is 6.51. The maximum atomic E-state index is 13.1. The fourth-order valence-corrected chi connectivity index (χ4v) is 3.64. The van der Waals surface area contributed by atoms with E-state index in [0.29, 0.717) is 29.0 Å². The second-order valence-corrected chi connectivity index (χ2v) is 8.74. The zero-order valence-corrected chi connectivity index (χ0v) is 21.6. The van der Waals surface area contributed by atoms with E-state index < -0.39 is 22.8 Å². The molecule has 0 unspecified atom stereocenters. The van der Waals surface area contributed by atoms with Crippen LogP contribution < -0.4 is 20.3 Å². The molecule has 38 heavy (non-hydrogen) atoms. The summed E-state index contributed by atoms with van der Waals surface area (Å²) in [6, 6.07) is 8.96. The van der Waals surface area contributed by atoms with Gasteiger partial charge in [-0.15, -0.1) is 0 Å². The summed E-state index contributed by atoms with van der Waals surface area (Å²) in [4.78, 5) is 25.4. The number of aromatic nitrogens is 5. The Kier molecular flexibility index (Phi) is 7.92. The van der Waals surface area contributed by atoms with Crippen LogP contribution in [0.3, 0.4) is 0 Å². The van der Waals surface area contributed by atoms with Gasteiger partial charge in [-0.25, -0.2) is 19.1 Å². The largest absolute Gasteiger partial charge is 0.417 e. The first-order valence-corrected chi connectivity index (χ1v) is 11.9. The number of alkyl halides is 3. The third kappa shape index (κ3) is 6.63. The molecule has 0 saturated carbocycles. The van der Waals surface area contributed by atoms with Gasteiger partial charge in [0.15, 0.2) is 5.82 Å². The molecule has 0 spiro atoms. The van der Waals surface area contributed by atoms with Crippen molar-refractivity contribution in [2.45, 2.75) is 26.4 Å². The van der Waals surface area contributed by atoms with Gasteiger partial charge in [0, 0.05) is 23.5 Å². The van der Waals surface area contributed by atoms with Crippen LogP contribution in [0.1, 0.15) is 23.9 Å². The summed E-state index contributed by atoms with van der Waals surface area (Å²) < 4.78 is 40.1. The van der Waals surface area contributed by atoms with Crippen LogP contribution in [0.4, 0.5) is 52.7 Å². The molecule has 3 aromatic heterocycles. The van der Waals surface area contributed by atoms with Crippen molar-refractivity contribution in [3.05, 3.63) is 70.6 Å². The smallest absolute Gasteiger partial charge is 0.323 e. The van der Waals surface area contributed by atoms with E-state index in [2.05, 4.69) is 53.9 Å². The Morgan fingerprint density at radius 2 is 1.87 bits per heavy atom. The average molecular weight is 564 g/mol. The normalized spacial score (nSPS) is 11.2. The zero-order valence-electron chi connectivity index (χ0n) is 19.9. The summed E-state index contributed by atoms with van der Waals surface area (Å²) in [7, 11) is 0. The van der Waals surface area contributed by atoms with Gasteiger partial charge >= 0.3 is 12.2 Å². The quantitative estimate of drug-likeness (QED) is 0.162. The van der Waals surface area contributed by atoms with Gasteiger partial charge in [-0.3, -0.25) is 10.4 Å². The number of amides is 2. The highest BCUT2D eigenvalue weighted by molar-refractivity contribution is 7.82. The van der Waals surface area contributed by atoms with Gasteiger partial charge in [-0.2, -0.15) is 23.3 Å². The molecular weight excluding hydrogens is 543 g/mol. The van der Waals surface area contributed by atoms with Gasteiger partial charge in [0.25, 0.3) is 0 Å². The Morgan fingerprint density at radius 3 is 2.53 bits per heavy atom. The van der Waals surface area contributed by atoms with Crippen LogP contribution in [0.15, 0.2) is 48.7 Å². The molecule has 0 radical (unpaired) electrons. The fraction of sp³-hybridized carbons (Fsp3) is 0.174. The number of hydrogen-bond acceptors (Lipinski definition) is 8. The maximum Gasteiger partial charge on any atom is 0.417 e. The minimum Gasteiger partial charge on any atom is -0.323 e. The van der Waals surface area contributed by atoms with Crippen molar-refractivity contribution in [2.75, 3.05) is 20.3 Å². The SMILES string of the molecule is CCc1cc(Nc2cc(C)nc(Nc3ccc(NC(=O)N(S)c4ccc(Cl)c(C(F)(F)F)c4)nc3)n2)n[nH]1. The van der Waals surface area contributed by atoms with Crippen molar-refractivity contribution in [1.29, 1.82) is 0 Å². The van der Waals surface area contributed by atoms with Gasteiger partial charge < -0.3 is 10.6 Å². The molecule has 0 aliphatic heterocycles. The minimum atomic E-state index is -4.68. The van der Waals surface area contributed by atoms with E-state index in [4.69, 9.17) is 11.6 Å². The lowest BCUT2D eigenvalue weighted by molar-refractivity contribution is -0.137. The number of hydrogen-bond donors (Lipinski definition) is 5. The first-order chi connectivity index (χ1) is 18.0. The molecule has 0 atom stereocenters. The Balaban J connectivity index is 1.41. The van der Waals surface area contributed by atoms with Gasteiger partial charge in [0.05, 0.1) is 28.2 Å². The summed E-state index contributed by atoms with van der Waals surface area (Å²) in [5, 5.41) is 15.2. The number of carbonyl (C=O) groups is 1. The molecule has 2 amide bonds. The first-order valence-electron chi connectivity index (χ1n) is 11.1. The summed E-state index contributed by atoms with van der Waals surface area (Å²) in [5.74, 6) is 1.61. The number of benzene rings is 1. The van der Waals surface area contributed by atoms with Crippen molar-refractivity contribution in [3.8, 4) is 0 Å². The molecule has 0 aliphatic rings. The van der Waals surface area contributed by atoms with Gasteiger partial charge in [-0.05, 0) is 43.7 Å². The number of nitrogens with zero attached hydrogens (tertiary/aromatic N) is 5. The van der Waals surface area contributed by atoms with Crippen LogP contribution in [-0.2, 0) is 12.6 Å². The Labute approximate surface area is 225 Å². The average Bonchev–Trinajstić information content (AvgIpc) is 3.31. The molecular formula is C23H21ClF3N9OS. The Bertz CT molecular complexity index is 1450. The number of carbonyl (C=O) groups excluding carboxylic acids is 1. The lowest BCUT2D eigenvalue weighted by Gasteiger charge is -2.18. The van der Waals surface area contributed by atoms with E-state index in [9.17, 15) is 18.0 Å². The van der Waals surface area contributed by atoms with Crippen molar-refractivity contribution in [1.82, 2.24) is 25.1 Å². The molecule has 0 bridgehead atoms. The van der Waals surface area contributed by atoms with Crippen molar-refractivity contribution >= 4 is 65.2 Å². The highest BCUT2D eigenvalue weighted by Gasteiger charge is 2.34.